The Bertz CT molecular complexity index is 1060. The second kappa shape index (κ2) is 9.56. The molecule has 8 nitrogen and oxygen atoms in total. The Hall–Kier alpha value is -3.13. The summed E-state index contributed by atoms with van der Waals surface area (Å²) >= 11 is 6.21. The molecule has 0 bridgehead atoms. The van der Waals surface area contributed by atoms with Crippen molar-refractivity contribution in [3.8, 4) is 0 Å². The molecule has 4 rings (SSSR count). The number of benzene rings is 1. The second-order valence-electron chi connectivity index (χ2n) is 8.12. The van der Waals surface area contributed by atoms with Gasteiger partial charge < -0.3 is 19.6 Å². The van der Waals surface area contributed by atoms with Crippen molar-refractivity contribution in [1.82, 2.24) is 9.88 Å². The van der Waals surface area contributed by atoms with E-state index in [2.05, 4.69) is 27.3 Å². The number of anilines is 2. The van der Waals surface area contributed by atoms with Gasteiger partial charge in [-0.3, -0.25) is 10.2 Å². The summed E-state index contributed by atoms with van der Waals surface area (Å²) in [6, 6.07) is 6.29. The molecule has 0 radical (unpaired) electrons. The van der Waals surface area contributed by atoms with Crippen LogP contribution in [0.25, 0.3) is 6.08 Å². The van der Waals surface area contributed by atoms with Gasteiger partial charge in [0.2, 0.25) is 0 Å². The van der Waals surface area contributed by atoms with E-state index < -0.39 is 0 Å². The fraction of sp³-hybridized carbons (Fsp3) is 0.391. The molecule has 1 amide bonds. The molecule has 168 valence electrons. The zero-order valence-electron chi connectivity index (χ0n) is 18.2. The number of carbonyl (C=O) groups is 1. The monoisotopic (exact) mass is 454 g/mol. The number of hydrazone groups is 1. The van der Waals surface area contributed by atoms with Gasteiger partial charge in [0.25, 0.3) is 11.9 Å². The predicted octanol–water partition coefficient (Wildman–Crippen LogP) is 3.95. The van der Waals surface area contributed by atoms with E-state index in [0.717, 1.165) is 36.2 Å². The zero-order chi connectivity index (χ0) is 22.7. The van der Waals surface area contributed by atoms with E-state index >= 15 is 0 Å². The molecular weight excluding hydrogens is 428 g/mol. The SMILES string of the molecule is Cc1ccc(N/N=C\C=N)c(C(=O)N2CCN(c3nc4c(o3)C=CC(Cl)C4)CCC2C)c1. The molecule has 2 N–H and O–H groups in total. The van der Waals surface area contributed by atoms with Crippen LogP contribution in [0.5, 0.6) is 0 Å². The third-order valence-corrected chi connectivity index (χ3v) is 6.09. The van der Waals surface area contributed by atoms with Crippen molar-refractivity contribution >= 4 is 47.7 Å². The van der Waals surface area contributed by atoms with Gasteiger partial charge >= 0.3 is 0 Å². The van der Waals surface area contributed by atoms with Gasteiger partial charge in [0.05, 0.1) is 28.5 Å². The fourth-order valence-electron chi connectivity index (χ4n) is 3.99. The molecule has 2 aromatic rings. The highest BCUT2D eigenvalue weighted by Crippen LogP contribution is 2.28. The van der Waals surface area contributed by atoms with Crippen LogP contribution in [0.4, 0.5) is 11.7 Å². The first-order chi connectivity index (χ1) is 15.5. The van der Waals surface area contributed by atoms with Crippen molar-refractivity contribution < 1.29 is 9.21 Å². The van der Waals surface area contributed by atoms with Crippen molar-refractivity contribution in [3.63, 3.8) is 0 Å². The molecule has 2 atom stereocenters. The Kier molecular flexibility index (Phi) is 6.60. The largest absolute Gasteiger partial charge is 0.424 e. The van der Waals surface area contributed by atoms with Crippen molar-refractivity contribution in [1.29, 1.82) is 5.41 Å². The highest BCUT2D eigenvalue weighted by atomic mass is 35.5. The number of allylic oxidation sites excluding steroid dienone is 1. The van der Waals surface area contributed by atoms with E-state index in [-0.39, 0.29) is 17.3 Å². The number of nitrogens with one attached hydrogen (secondary N) is 2. The lowest BCUT2D eigenvalue weighted by Gasteiger charge is -2.27. The van der Waals surface area contributed by atoms with Gasteiger partial charge in [-0.1, -0.05) is 17.7 Å². The number of aryl methyl sites for hydroxylation is 1. The van der Waals surface area contributed by atoms with E-state index in [0.29, 0.717) is 36.8 Å². The van der Waals surface area contributed by atoms with Crippen LogP contribution in [-0.2, 0) is 6.42 Å². The van der Waals surface area contributed by atoms with E-state index in [1.807, 2.05) is 42.2 Å². The summed E-state index contributed by atoms with van der Waals surface area (Å²) in [7, 11) is 0. The number of oxazole rings is 1. The molecule has 0 spiro atoms. The maximum absolute atomic E-state index is 13.5. The van der Waals surface area contributed by atoms with Gasteiger partial charge in [-0.05, 0) is 38.5 Å². The fourth-order valence-corrected chi connectivity index (χ4v) is 4.21. The van der Waals surface area contributed by atoms with Gasteiger partial charge in [-0.15, -0.1) is 11.6 Å². The number of nitrogens with zero attached hydrogens (tertiary/aromatic N) is 4. The number of amides is 1. The van der Waals surface area contributed by atoms with Crippen LogP contribution in [0, 0.1) is 12.3 Å². The molecule has 2 aliphatic rings. The summed E-state index contributed by atoms with van der Waals surface area (Å²) in [5, 5.41) is 11.0. The van der Waals surface area contributed by atoms with Gasteiger partial charge in [-0.25, -0.2) is 0 Å². The van der Waals surface area contributed by atoms with Gasteiger partial charge in [0.15, 0.2) is 5.76 Å². The van der Waals surface area contributed by atoms with Crippen LogP contribution >= 0.6 is 11.6 Å². The lowest BCUT2D eigenvalue weighted by atomic mass is 10.1. The molecule has 9 heteroatoms. The number of hydrogen-bond donors (Lipinski definition) is 2. The summed E-state index contributed by atoms with van der Waals surface area (Å²) in [5.41, 5.74) is 5.94. The Morgan fingerprint density at radius 3 is 3.03 bits per heavy atom. The Labute approximate surface area is 192 Å². The summed E-state index contributed by atoms with van der Waals surface area (Å²) < 4.78 is 5.98. The van der Waals surface area contributed by atoms with E-state index in [4.69, 9.17) is 21.4 Å². The lowest BCUT2D eigenvalue weighted by Crippen LogP contribution is -2.40. The third kappa shape index (κ3) is 4.70. The first-order valence-electron chi connectivity index (χ1n) is 10.7. The highest BCUT2D eigenvalue weighted by molar-refractivity contribution is 6.22. The number of fused-ring (bicyclic) bond motifs is 1. The first-order valence-corrected chi connectivity index (χ1v) is 11.2. The second-order valence-corrected chi connectivity index (χ2v) is 8.68. The minimum absolute atomic E-state index is 0.0461. The zero-order valence-corrected chi connectivity index (χ0v) is 19.0. The Balaban J connectivity index is 1.52. The molecule has 1 aromatic heterocycles. The summed E-state index contributed by atoms with van der Waals surface area (Å²) in [4.78, 5) is 22.2. The van der Waals surface area contributed by atoms with Crippen molar-refractivity contribution in [3.05, 3.63) is 46.9 Å². The normalized spacial score (nSPS) is 20.8. The van der Waals surface area contributed by atoms with Crippen molar-refractivity contribution in [2.75, 3.05) is 30.0 Å². The molecule has 1 saturated heterocycles. The number of alkyl halides is 1. The number of carbonyl (C=O) groups excluding carboxylic acids is 1. The molecule has 2 unspecified atom stereocenters. The molecule has 1 aliphatic carbocycles. The number of rotatable bonds is 5. The van der Waals surface area contributed by atoms with E-state index in [1.54, 1.807) is 0 Å². The standard InChI is InChI=1S/C23H27ClN6O2/c1-15-3-5-19(28-26-9-8-25)18(13-15)22(31)30-12-11-29(10-7-16(30)2)23-27-20-14-17(24)4-6-21(20)32-23/h3-6,8-9,13,16-17,25,28H,7,10-12,14H2,1-2H3/b25-8?,26-9-. The minimum atomic E-state index is -0.0572. The predicted molar refractivity (Wildman–Crippen MR) is 128 cm³/mol. The third-order valence-electron chi connectivity index (χ3n) is 5.79. The molecule has 2 heterocycles. The molecule has 1 aliphatic heterocycles. The van der Waals surface area contributed by atoms with Crippen LogP contribution in [0.15, 0.2) is 33.8 Å². The number of hydrogen-bond acceptors (Lipinski definition) is 7. The highest BCUT2D eigenvalue weighted by Gasteiger charge is 2.29. The van der Waals surface area contributed by atoms with Crippen molar-refractivity contribution in [2.45, 2.75) is 38.1 Å². The summed E-state index contributed by atoms with van der Waals surface area (Å²) in [6.07, 6.45) is 7.68. The smallest absolute Gasteiger partial charge is 0.298 e. The summed E-state index contributed by atoms with van der Waals surface area (Å²) in [6.45, 7) is 5.96. The van der Waals surface area contributed by atoms with Gasteiger partial charge in [0, 0.05) is 38.3 Å². The van der Waals surface area contributed by atoms with Crippen LogP contribution in [-0.4, -0.2) is 59.3 Å². The molecular formula is C23H27ClN6O2. The van der Waals surface area contributed by atoms with Crippen LogP contribution in [0.1, 0.15) is 40.7 Å². The molecule has 1 fully saturated rings. The maximum Gasteiger partial charge on any atom is 0.298 e. The topological polar surface area (TPSA) is 97.8 Å². The van der Waals surface area contributed by atoms with Crippen LogP contribution in [0.3, 0.4) is 0 Å². The lowest BCUT2D eigenvalue weighted by molar-refractivity contribution is 0.0706. The van der Waals surface area contributed by atoms with E-state index in [1.165, 1.54) is 6.21 Å². The van der Waals surface area contributed by atoms with Crippen LogP contribution in [0.2, 0.25) is 0 Å². The van der Waals surface area contributed by atoms with E-state index in [9.17, 15) is 4.79 Å². The Morgan fingerprint density at radius 2 is 2.22 bits per heavy atom. The number of halogens is 1. The van der Waals surface area contributed by atoms with Crippen molar-refractivity contribution in [2.24, 2.45) is 5.10 Å². The Morgan fingerprint density at radius 1 is 1.38 bits per heavy atom. The molecule has 32 heavy (non-hydrogen) atoms. The van der Waals surface area contributed by atoms with Crippen LogP contribution < -0.4 is 10.3 Å². The quantitative estimate of drug-likeness (QED) is 0.405. The average molecular weight is 455 g/mol. The average Bonchev–Trinajstić information content (AvgIpc) is 3.09. The van der Waals surface area contributed by atoms with Gasteiger partial charge in [-0.2, -0.15) is 10.1 Å². The van der Waals surface area contributed by atoms with Gasteiger partial charge in [0.1, 0.15) is 0 Å². The maximum atomic E-state index is 13.5. The first kappa shape index (κ1) is 22.1. The number of aromatic nitrogens is 1. The summed E-state index contributed by atoms with van der Waals surface area (Å²) in [5.74, 6) is 0.721. The molecule has 1 aromatic carbocycles. The molecule has 0 saturated carbocycles. The minimum Gasteiger partial charge on any atom is -0.424 e.